The quantitative estimate of drug-likeness (QED) is 0.860. The van der Waals surface area contributed by atoms with Gasteiger partial charge in [0, 0.05) is 24.2 Å². The van der Waals surface area contributed by atoms with E-state index in [0.717, 1.165) is 10.4 Å². The van der Waals surface area contributed by atoms with E-state index < -0.39 is 26.7 Å². The van der Waals surface area contributed by atoms with Crippen molar-refractivity contribution in [2.75, 3.05) is 13.1 Å². The lowest BCUT2D eigenvalue weighted by molar-refractivity contribution is -0.137. The van der Waals surface area contributed by atoms with Crippen LogP contribution < -0.4 is 5.73 Å². The van der Waals surface area contributed by atoms with E-state index in [2.05, 4.69) is 0 Å². The fraction of sp³-hybridized carbons (Fsp3) is 0.500. The van der Waals surface area contributed by atoms with Crippen molar-refractivity contribution in [1.82, 2.24) is 4.31 Å². The Balaban J connectivity index is 0.00000242. The number of hydrogen-bond acceptors (Lipinski definition) is 3. The normalized spacial score (nSPS) is 18.0. The van der Waals surface area contributed by atoms with Crippen LogP contribution in [0.4, 0.5) is 13.2 Å². The fourth-order valence-corrected chi connectivity index (χ4v) is 3.98. The van der Waals surface area contributed by atoms with Gasteiger partial charge in [-0.05, 0) is 31.0 Å². The van der Waals surface area contributed by atoms with Crippen LogP contribution in [-0.2, 0) is 16.2 Å². The minimum absolute atomic E-state index is 0. The summed E-state index contributed by atoms with van der Waals surface area (Å²) in [5.74, 6) is 0. The number of nitrogens with two attached hydrogens (primary N) is 1. The van der Waals surface area contributed by atoms with E-state index in [1.807, 2.05) is 0 Å². The highest BCUT2D eigenvalue weighted by Gasteiger charge is 2.34. The molecule has 1 aliphatic rings. The molecule has 2 N–H and O–H groups in total. The molecule has 0 amide bonds. The van der Waals surface area contributed by atoms with E-state index in [0.29, 0.717) is 25.0 Å². The molecule has 2 rings (SSSR count). The monoisotopic (exact) mass is 378 g/mol. The lowest BCUT2D eigenvalue weighted by Gasteiger charge is -2.29. The molecular weight excluding hydrogens is 364 g/mol. The Kier molecular flexibility index (Phi) is 6.14. The topological polar surface area (TPSA) is 63.4 Å². The Morgan fingerprint density at radius 3 is 2.23 bits per heavy atom. The van der Waals surface area contributed by atoms with Crippen molar-refractivity contribution in [3.63, 3.8) is 0 Å². The van der Waals surface area contributed by atoms with Crippen molar-refractivity contribution in [1.29, 1.82) is 0 Å². The van der Waals surface area contributed by atoms with Gasteiger partial charge in [-0.3, -0.25) is 0 Å². The maximum absolute atomic E-state index is 12.7. The molecule has 0 saturated carbocycles. The zero-order valence-corrected chi connectivity index (χ0v) is 13.7. The third-order valence-electron chi connectivity index (χ3n) is 3.33. The van der Waals surface area contributed by atoms with Crippen LogP contribution in [0.3, 0.4) is 0 Å². The van der Waals surface area contributed by atoms with E-state index in [4.69, 9.17) is 17.3 Å². The van der Waals surface area contributed by atoms with E-state index >= 15 is 0 Å². The SMILES string of the molecule is Cl.NC1CCN(S(=O)(=O)c2cc(Cl)cc(C(F)(F)F)c2)CC1. The number of alkyl halides is 3. The molecule has 0 unspecified atom stereocenters. The summed E-state index contributed by atoms with van der Waals surface area (Å²) in [6, 6.07) is 2.25. The molecule has 0 radical (unpaired) electrons. The molecule has 1 aliphatic heterocycles. The second-order valence-corrected chi connectivity index (χ2v) is 7.29. The molecule has 1 saturated heterocycles. The van der Waals surface area contributed by atoms with Crippen LogP contribution in [-0.4, -0.2) is 31.9 Å². The summed E-state index contributed by atoms with van der Waals surface area (Å²) in [7, 11) is -4.00. The molecule has 0 spiro atoms. The van der Waals surface area contributed by atoms with Gasteiger partial charge in [0.05, 0.1) is 10.5 Å². The lowest BCUT2D eigenvalue weighted by Crippen LogP contribution is -2.42. The Morgan fingerprint density at radius 2 is 1.73 bits per heavy atom. The molecule has 0 atom stereocenters. The van der Waals surface area contributed by atoms with Crippen molar-refractivity contribution in [2.24, 2.45) is 5.73 Å². The Morgan fingerprint density at radius 1 is 1.18 bits per heavy atom. The summed E-state index contributed by atoms with van der Waals surface area (Å²) in [4.78, 5) is -0.446. The first-order valence-corrected chi connectivity index (χ1v) is 8.06. The zero-order chi connectivity index (χ0) is 15.8. The molecule has 4 nitrogen and oxygen atoms in total. The molecule has 1 heterocycles. The third kappa shape index (κ3) is 4.26. The number of halogens is 5. The minimum atomic E-state index is -4.65. The number of rotatable bonds is 2. The van der Waals surface area contributed by atoms with Gasteiger partial charge in [-0.15, -0.1) is 12.4 Å². The van der Waals surface area contributed by atoms with Crippen molar-refractivity contribution in [2.45, 2.75) is 30.0 Å². The molecule has 1 fully saturated rings. The number of benzene rings is 1. The summed E-state index contributed by atoms with van der Waals surface area (Å²) in [5.41, 5.74) is 4.61. The molecular formula is C12H15Cl2F3N2O2S. The molecule has 10 heteroatoms. The lowest BCUT2D eigenvalue weighted by atomic mass is 10.1. The number of piperidine rings is 1. The standard InChI is InChI=1S/C12H14ClF3N2O2S.ClH/c13-9-5-8(12(14,15)16)6-11(7-9)21(19,20)18-3-1-10(17)2-4-18;/h5-7,10H,1-4,17H2;1H. The van der Waals surface area contributed by atoms with Crippen LogP contribution in [0.5, 0.6) is 0 Å². The van der Waals surface area contributed by atoms with Gasteiger partial charge in [0.1, 0.15) is 0 Å². The summed E-state index contributed by atoms with van der Waals surface area (Å²) in [6.07, 6.45) is -3.70. The van der Waals surface area contributed by atoms with Crippen molar-refractivity contribution < 1.29 is 21.6 Å². The number of sulfonamides is 1. The highest BCUT2D eigenvalue weighted by atomic mass is 35.5. The molecule has 0 bridgehead atoms. The fourth-order valence-electron chi connectivity index (χ4n) is 2.14. The van der Waals surface area contributed by atoms with Crippen LogP contribution in [0.25, 0.3) is 0 Å². The second kappa shape index (κ2) is 6.92. The Hall–Kier alpha value is -0.540. The van der Waals surface area contributed by atoms with Gasteiger partial charge in [-0.2, -0.15) is 17.5 Å². The summed E-state index contributed by atoms with van der Waals surface area (Å²) in [5, 5.41) is -0.267. The first kappa shape index (κ1) is 19.5. The first-order chi connectivity index (χ1) is 9.60. The van der Waals surface area contributed by atoms with Gasteiger partial charge in [-0.25, -0.2) is 8.42 Å². The Bertz CT molecular complexity index is 630. The predicted molar refractivity (Wildman–Crippen MR) is 79.7 cm³/mol. The maximum atomic E-state index is 12.7. The molecule has 22 heavy (non-hydrogen) atoms. The van der Waals surface area contributed by atoms with E-state index in [1.54, 1.807) is 0 Å². The van der Waals surface area contributed by atoms with Crippen LogP contribution in [0.1, 0.15) is 18.4 Å². The average molecular weight is 379 g/mol. The van der Waals surface area contributed by atoms with Crippen LogP contribution in [0.15, 0.2) is 23.1 Å². The number of hydrogen-bond donors (Lipinski definition) is 1. The Labute approximate surface area is 137 Å². The largest absolute Gasteiger partial charge is 0.416 e. The summed E-state index contributed by atoms with van der Waals surface area (Å²) in [6.45, 7) is 0.384. The van der Waals surface area contributed by atoms with Crippen LogP contribution in [0.2, 0.25) is 5.02 Å². The second-order valence-electron chi connectivity index (χ2n) is 4.91. The van der Waals surface area contributed by atoms with E-state index in [9.17, 15) is 21.6 Å². The minimum Gasteiger partial charge on any atom is -0.328 e. The van der Waals surface area contributed by atoms with Crippen molar-refractivity contribution in [3.05, 3.63) is 28.8 Å². The van der Waals surface area contributed by atoms with Crippen molar-refractivity contribution >= 4 is 34.0 Å². The summed E-state index contributed by atoms with van der Waals surface area (Å²) >= 11 is 5.62. The number of nitrogens with zero attached hydrogens (tertiary/aromatic N) is 1. The van der Waals surface area contributed by atoms with Gasteiger partial charge in [0.2, 0.25) is 10.0 Å². The van der Waals surface area contributed by atoms with E-state index in [-0.39, 0.29) is 36.6 Å². The highest BCUT2D eigenvalue weighted by molar-refractivity contribution is 7.89. The molecule has 1 aromatic carbocycles. The van der Waals surface area contributed by atoms with Gasteiger partial charge >= 0.3 is 6.18 Å². The van der Waals surface area contributed by atoms with Gasteiger partial charge < -0.3 is 5.73 Å². The molecule has 1 aromatic rings. The highest BCUT2D eigenvalue weighted by Crippen LogP contribution is 2.34. The zero-order valence-electron chi connectivity index (χ0n) is 11.3. The van der Waals surface area contributed by atoms with Crippen LogP contribution in [0, 0.1) is 0 Å². The molecule has 126 valence electrons. The smallest absolute Gasteiger partial charge is 0.328 e. The summed E-state index contributed by atoms with van der Waals surface area (Å²) < 4.78 is 64.1. The molecule has 0 aliphatic carbocycles. The first-order valence-electron chi connectivity index (χ1n) is 6.24. The molecule has 0 aromatic heterocycles. The van der Waals surface area contributed by atoms with Gasteiger partial charge in [0.25, 0.3) is 0 Å². The van der Waals surface area contributed by atoms with Crippen LogP contribution >= 0.6 is 24.0 Å². The maximum Gasteiger partial charge on any atom is 0.416 e. The van der Waals surface area contributed by atoms with Gasteiger partial charge in [-0.1, -0.05) is 11.6 Å². The predicted octanol–water partition coefficient (Wildman–Crippen LogP) is 2.89. The van der Waals surface area contributed by atoms with Crippen molar-refractivity contribution in [3.8, 4) is 0 Å². The third-order valence-corrected chi connectivity index (χ3v) is 5.43. The van der Waals surface area contributed by atoms with Gasteiger partial charge in [0.15, 0.2) is 0 Å². The average Bonchev–Trinajstić information content (AvgIpc) is 2.37. The van der Waals surface area contributed by atoms with E-state index in [1.165, 1.54) is 0 Å².